The molecular weight excluding hydrogens is 378 g/mol. The minimum atomic E-state index is -3.41. The van der Waals surface area contributed by atoms with Gasteiger partial charge < -0.3 is 9.84 Å². The van der Waals surface area contributed by atoms with E-state index in [1.165, 1.54) is 12.1 Å². The first-order chi connectivity index (χ1) is 12.3. The average Bonchev–Trinajstić information content (AvgIpc) is 3.04. The van der Waals surface area contributed by atoms with E-state index in [4.69, 9.17) is 16.1 Å². The lowest BCUT2D eigenvalue weighted by atomic mass is 10.1. The summed E-state index contributed by atoms with van der Waals surface area (Å²) in [6.07, 6.45) is 1.05. The van der Waals surface area contributed by atoms with Crippen LogP contribution in [0.2, 0.25) is 5.02 Å². The van der Waals surface area contributed by atoms with E-state index in [1.807, 2.05) is 0 Å². The van der Waals surface area contributed by atoms with Crippen LogP contribution in [0.25, 0.3) is 11.3 Å². The number of aromatic nitrogens is 1. The first-order valence-corrected chi connectivity index (χ1v) is 9.69. The molecule has 0 aliphatic heterocycles. The smallest absolute Gasteiger partial charge is 0.277 e. The van der Waals surface area contributed by atoms with E-state index >= 15 is 0 Å². The van der Waals surface area contributed by atoms with Gasteiger partial charge in [-0.15, -0.1) is 0 Å². The zero-order valence-electron chi connectivity index (χ0n) is 13.6. The summed E-state index contributed by atoms with van der Waals surface area (Å²) in [7, 11) is -3.41. The highest BCUT2D eigenvalue weighted by Crippen LogP contribution is 2.28. The highest BCUT2D eigenvalue weighted by atomic mass is 35.5. The average molecular weight is 392 g/mol. The van der Waals surface area contributed by atoms with Gasteiger partial charge in [-0.3, -0.25) is 9.52 Å². The van der Waals surface area contributed by atoms with E-state index in [9.17, 15) is 13.2 Å². The van der Waals surface area contributed by atoms with Crippen LogP contribution in [0.15, 0.2) is 59.1 Å². The molecule has 134 valence electrons. The zero-order valence-corrected chi connectivity index (χ0v) is 15.1. The van der Waals surface area contributed by atoms with Gasteiger partial charge in [-0.1, -0.05) is 35.0 Å². The minimum absolute atomic E-state index is 0.0707. The van der Waals surface area contributed by atoms with E-state index in [1.54, 1.807) is 42.5 Å². The van der Waals surface area contributed by atoms with Crippen LogP contribution in [0, 0.1) is 0 Å². The Morgan fingerprint density at radius 1 is 1.08 bits per heavy atom. The Hall–Kier alpha value is -2.84. The summed E-state index contributed by atoms with van der Waals surface area (Å²) >= 11 is 6.10. The van der Waals surface area contributed by atoms with Crippen LogP contribution in [0.1, 0.15) is 10.5 Å². The quantitative estimate of drug-likeness (QED) is 0.691. The molecule has 0 unspecified atom stereocenters. The summed E-state index contributed by atoms with van der Waals surface area (Å²) in [5, 5.41) is 6.87. The van der Waals surface area contributed by atoms with E-state index in [2.05, 4.69) is 15.2 Å². The van der Waals surface area contributed by atoms with Crippen LogP contribution in [-0.2, 0) is 10.0 Å². The van der Waals surface area contributed by atoms with Crippen LogP contribution in [0.5, 0.6) is 0 Å². The Labute approximate surface area is 155 Å². The van der Waals surface area contributed by atoms with Crippen molar-refractivity contribution in [2.24, 2.45) is 0 Å². The van der Waals surface area contributed by atoms with Crippen LogP contribution < -0.4 is 10.0 Å². The number of nitrogens with zero attached hydrogens (tertiary/aromatic N) is 1. The Balaban J connectivity index is 1.77. The number of hydrogen-bond donors (Lipinski definition) is 2. The van der Waals surface area contributed by atoms with Crippen LogP contribution in [0.4, 0.5) is 11.4 Å². The summed E-state index contributed by atoms with van der Waals surface area (Å²) in [5.74, 6) is -0.128. The van der Waals surface area contributed by atoms with Crippen molar-refractivity contribution in [3.63, 3.8) is 0 Å². The van der Waals surface area contributed by atoms with Crippen molar-refractivity contribution in [2.75, 3.05) is 16.3 Å². The maximum absolute atomic E-state index is 12.3. The van der Waals surface area contributed by atoms with Gasteiger partial charge in [0.05, 0.1) is 17.0 Å². The number of amides is 1. The molecule has 2 aromatic carbocycles. The Bertz CT molecular complexity index is 1060. The minimum Gasteiger partial charge on any atom is -0.355 e. The number of sulfonamides is 1. The molecule has 0 atom stereocenters. The first-order valence-electron chi connectivity index (χ1n) is 7.43. The first kappa shape index (κ1) is 18.0. The molecule has 26 heavy (non-hydrogen) atoms. The maximum atomic E-state index is 12.3. The molecule has 7 nitrogen and oxygen atoms in total. The number of nitrogens with one attached hydrogen (secondary N) is 2. The third-order valence-electron chi connectivity index (χ3n) is 3.31. The van der Waals surface area contributed by atoms with E-state index < -0.39 is 15.9 Å². The zero-order chi connectivity index (χ0) is 18.7. The number of hydrogen-bond acceptors (Lipinski definition) is 5. The maximum Gasteiger partial charge on any atom is 0.277 e. The molecule has 1 amide bonds. The third-order valence-corrected chi connectivity index (χ3v) is 4.24. The molecule has 0 aliphatic carbocycles. The largest absolute Gasteiger partial charge is 0.355 e. The predicted octanol–water partition coefficient (Wildman–Crippen LogP) is 3.62. The van der Waals surface area contributed by atoms with E-state index in [-0.39, 0.29) is 5.69 Å². The summed E-state index contributed by atoms with van der Waals surface area (Å²) in [6.45, 7) is 0. The molecule has 9 heteroatoms. The van der Waals surface area contributed by atoms with Crippen molar-refractivity contribution >= 4 is 38.9 Å². The standard InChI is InChI=1S/C17H14ClN3O4S/c1-26(23,24)21-12-6-4-5-11(9-12)19-17(22)15-10-16(25-20-15)13-7-2-3-8-14(13)18/h2-10,21H,1H3,(H,19,22). The van der Waals surface area contributed by atoms with Crippen LogP contribution >= 0.6 is 11.6 Å². The van der Waals surface area contributed by atoms with Crippen molar-refractivity contribution in [3.8, 4) is 11.3 Å². The molecule has 3 rings (SSSR count). The van der Waals surface area contributed by atoms with Gasteiger partial charge in [0.1, 0.15) is 0 Å². The molecule has 0 aliphatic rings. The fourth-order valence-corrected chi connectivity index (χ4v) is 3.02. The molecule has 3 aromatic rings. The molecule has 2 N–H and O–H groups in total. The highest BCUT2D eigenvalue weighted by molar-refractivity contribution is 7.92. The van der Waals surface area contributed by atoms with Crippen molar-refractivity contribution < 1.29 is 17.7 Å². The Morgan fingerprint density at radius 3 is 2.54 bits per heavy atom. The molecule has 0 saturated carbocycles. The molecule has 0 saturated heterocycles. The van der Waals surface area contributed by atoms with Gasteiger partial charge in [0, 0.05) is 17.3 Å². The fourth-order valence-electron chi connectivity index (χ4n) is 2.24. The predicted molar refractivity (Wildman–Crippen MR) is 99.8 cm³/mol. The number of benzene rings is 2. The SMILES string of the molecule is CS(=O)(=O)Nc1cccc(NC(=O)c2cc(-c3ccccc3Cl)on2)c1. The Morgan fingerprint density at radius 2 is 1.81 bits per heavy atom. The second kappa shape index (κ2) is 7.19. The molecule has 1 heterocycles. The summed E-state index contributed by atoms with van der Waals surface area (Å²) in [4.78, 5) is 12.3. The number of anilines is 2. The van der Waals surface area contributed by atoms with Gasteiger partial charge in [0.2, 0.25) is 10.0 Å². The topological polar surface area (TPSA) is 101 Å². The lowest BCUT2D eigenvalue weighted by Gasteiger charge is -2.07. The van der Waals surface area contributed by atoms with E-state index in [0.717, 1.165) is 6.26 Å². The molecule has 0 fully saturated rings. The van der Waals surface area contributed by atoms with Crippen molar-refractivity contribution in [1.29, 1.82) is 0 Å². The van der Waals surface area contributed by atoms with E-state index in [0.29, 0.717) is 27.7 Å². The van der Waals surface area contributed by atoms with Crippen LogP contribution in [-0.4, -0.2) is 25.7 Å². The Kier molecular flexibility index (Phi) is 4.97. The molecule has 0 bridgehead atoms. The van der Waals surface area contributed by atoms with Crippen molar-refractivity contribution in [3.05, 3.63) is 65.3 Å². The molecule has 0 spiro atoms. The van der Waals surface area contributed by atoms with Crippen LogP contribution in [0.3, 0.4) is 0 Å². The second-order valence-corrected chi connectivity index (χ2v) is 7.62. The lowest BCUT2D eigenvalue weighted by Crippen LogP contribution is -2.13. The van der Waals surface area contributed by atoms with Gasteiger partial charge in [-0.2, -0.15) is 0 Å². The lowest BCUT2D eigenvalue weighted by molar-refractivity contribution is 0.101. The monoisotopic (exact) mass is 391 g/mol. The number of carbonyl (C=O) groups is 1. The van der Waals surface area contributed by atoms with Crippen molar-refractivity contribution in [2.45, 2.75) is 0 Å². The normalized spacial score (nSPS) is 11.2. The van der Waals surface area contributed by atoms with Gasteiger partial charge in [-0.05, 0) is 30.3 Å². The fraction of sp³-hybridized carbons (Fsp3) is 0.0588. The summed E-state index contributed by atoms with van der Waals surface area (Å²) in [6, 6.07) is 14.8. The highest BCUT2D eigenvalue weighted by Gasteiger charge is 2.15. The second-order valence-electron chi connectivity index (χ2n) is 5.47. The molecular formula is C17H14ClN3O4S. The molecule has 1 aromatic heterocycles. The van der Waals surface area contributed by atoms with Gasteiger partial charge >= 0.3 is 0 Å². The van der Waals surface area contributed by atoms with Gasteiger partial charge in [0.25, 0.3) is 5.91 Å². The number of rotatable bonds is 5. The van der Waals surface area contributed by atoms with Gasteiger partial charge in [0.15, 0.2) is 11.5 Å². The van der Waals surface area contributed by atoms with Crippen molar-refractivity contribution in [1.82, 2.24) is 5.16 Å². The summed E-state index contributed by atoms with van der Waals surface area (Å²) < 4.78 is 30.1. The third kappa shape index (κ3) is 4.41. The van der Waals surface area contributed by atoms with Gasteiger partial charge in [-0.25, -0.2) is 8.42 Å². The molecule has 0 radical (unpaired) electrons. The number of carbonyl (C=O) groups excluding carboxylic acids is 1. The summed E-state index contributed by atoms with van der Waals surface area (Å²) in [5.41, 5.74) is 1.44. The number of halogens is 1.